The van der Waals surface area contributed by atoms with Crippen molar-refractivity contribution in [1.82, 2.24) is 0 Å². The number of aliphatic hydroxyl groups excluding tert-OH is 7. The highest BCUT2D eigenvalue weighted by Crippen LogP contribution is 2.26. The molecule has 2 saturated heterocycles. The van der Waals surface area contributed by atoms with E-state index in [2.05, 4.69) is 62.5 Å². The molecule has 318 valence electrons. The summed E-state index contributed by atoms with van der Waals surface area (Å²) >= 11 is 0. The van der Waals surface area contributed by atoms with E-state index in [1.54, 1.807) is 0 Å². The molecule has 0 spiro atoms. The molecule has 55 heavy (non-hydrogen) atoms. The highest BCUT2D eigenvalue weighted by atomic mass is 16.7. The van der Waals surface area contributed by atoms with Gasteiger partial charge in [-0.25, -0.2) is 0 Å². The Balaban J connectivity index is 1.87. The van der Waals surface area contributed by atoms with Crippen molar-refractivity contribution in [3.63, 3.8) is 0 Å². The van der Waals surface area contributed by atoms with Crippen LogP contribution < -0.4 is 0 Å². The van der Waals surface area contributed by atoms with Crippen LogP contribution >= 0.6 is 0 Å². The van der Waals surface area contributed by atoms with Gasteiger partial charge >= 0.3 is 5.97 Å². The molecule has 2 heterocycles. The van der Waals surface area contributed by atoms with E-state index in [0.29, 0.717) is 13.0 Å². The molecule has 2 rings (SSSR count). The van der Waals surface area contributed by atoms with Crippen LogP contribution in [-0.4, -0.2) is 142 Å². The third-order valence-electron chi connectivity index (χ3n) is 9.35. The Morgan fingerprint density at radius 2 is 1.16 bits per heavy atom. The lowest BCUT2D eigenvalue weighted by atomic mass is 9.98. The van der Waals surface area contributed by atoms with Crippen molar-refractivity contribution < 1.29 is 69.0 Å². The van der Waals surface area contributed by atoms with Gasteiger partial charge in [0.05, 0.1) is 26.4 Å². The van der Waals surface area contributed by atoms with E-state index < -0.39 is 86.7 Å². The molecule has 0 radical (unpaired) electrons. The number of rotatable bonds is 29. The second kappa shape index (κ2) is 30.1. The lowest BCUT2D eigenvalue weighted by Gasteiger charge is -2.42. The van der Waals surface area contributed by atoms with E-state index in [-0.39, 0.29) is 19.6 Å². The van der Waals surface area contributed by atoms with Gasteiger partial charge in [0.15, 0.2) is 12.6 Å². The topological polar surface area (TPSA) is 214 Å². The number of hydrogen-bond donors (Lipinski definition) is 7. The number of hydrogen-bond acceptors (Lipinski definition) is 14. The van der Waals surface area contributed by atoms with Crippen molar-refractivity contribution in [2.45, 2.75) is 171 Å². The highest BCUT2D eigenvalue weighted by Gasteiger charge is 2.47. The van der Waals surface area contributed by atoms with E-state index in [4.69, 9.17) is 28.4 Å². The van der Waals surface area contributed by atoms with Gasteiger partial charge in [-0.2, -0.15) is 0 Å². The Kier molecular flexibility index (Phi) is 26.9. The van der Waals surface area contributed by atoms with Gasteiger partial charge < -0.3 is 64.2 Å². The SMILES string of the molecule is CC/C=C\C/C=C\C/C=C\C/C=C\CCCOCC(COC1OC(COC2OC(CO)C(O)C(O)C2O)C(O)C(O)C1O)OC(=O)CCCCCCCCC. The van der Waals surface area contributed by atoms with Gasteiger partial charge in [0.25, 0.3) is 0 Å². The summed E-state index contributed by atoms with van der Waals surface area (Å²) in [5.74, 6) is -0.406. The lowest BCUT2D eigenvalue weighted by Crippen LogP contribution is -2.61. The number of esters is 1. The molecule has 11 atom stereocenters. The molecule has 0 amide bonds. The number of unbranched alkanes of at least 4 members (excludes halogenated alkanes) is 7. The fraction of sp³-hybridized carbons (Fsp3) is 0.780. The molecule has 0 bridgehead atoms. The van der Waals surface area contributed by atoms with Crippen molar-refractivity contribution in [3.8, 4) is 0 Å². The van der Waals surface area contributed by atoms with Gasteiger partial charge in [-0.1, -0.05) is 101 Å². The molecule has 0 aromatic rings. The van der Waals surface area contributed by atoms with E-state index in [1.807, 2.05) is 0 Å². The summed E-state index contributed by atoms with van der Waals surface area (Å²) in [5, 5.41) is 71.6. The number of carbonyl (C=O) groups is 1. The molecular formula is C41H70O14. The first-order valence-electron chi connectivity index (χ1n) is 20.2. The zero-order valence-electron chi connectivity index (χ0n) is 32.9. The van der Waals surface area contributed by atoms with Crippen LogP contribution in [0, 0.1) is 0 Å². The Labute approximate surface area is 327 Å². The molecule has 2 fully saturated rings. The van der Waals surface area contributed by atoms with Crippen LogP contribution in [0.4, 0.5) is 0 Å². The third kappa shape index (κ3) is 19.8. The van der Waals surface area contributed by atoms with Gasteiger partial charge in [-0.3, -0.25) is 4.79 Å². The normalized spacial score (nSPS) is 29.6. The lowest BCUT2D eigenvalue weighted by molar-refractivity contribution is -0.332. The Morgan fingerprint density at radius 1 is 0.618 bits per heavy atom. The van der Waals surface area contributed by atoms with Crippen LogP contribution in [0.3, 0.4) is 0 Å². The van der Waals surface area contributed by atoms with Crippen LogP contribution in [0.1, 0.15) is 104 Å². The van der Waals surface area contributed by atoms with Crippen molar-refractivity contribution in [2.24, 2.45) is 0 Å². The average molecular weight is 787 g/mol. The van der Waals surface area contributed by atoms with Crippen LogP contribution in [0.15, 0.2) is 48.6 Å². The van der Waals surface area contributed by atoms with Crippen LogP contribution in [0.25, 0.3) is 0 Å². The molecule has 2 aliphatic heterocycles. The van der Waals surface area contributed by atoms with Crippen LogP contribution in [-0.2, 0) is 33.2 Å². The fourth-order valence-corrected chi connectivity index (χ4v) is 5.99. The second-order valence-corrected chi connectivity index (χ2v) is 14.1. The Bertz CT molecular complexity index is 1100. The largest absolute Gasteiger partial charge is 0.457 e. The van der Waals surface area contributed by atoms with Crippen molar-refractivity contribution in [1.29, 1.82) is 0 Å². The van der Waals surface area contributed by atoms with Gasteiger partial charge in [0.2, 0.25) is 0 Å². The van der Waals surface area contributed by atoms with E-state index in [1.165, 1.54) is 19.3 Å². The summed E-state index contributed by atoms with van der Waals surface area (Å²) in [6.07, 6.45) is 13.7. The summed E-state index contributed by atoms with van der Waals surface area (Å²) < 4.78 is 33.8. The standard InChI is InChI=1S/C41H70O14/c1-3-5-7-9-11-12-13-14-15-16-17-19-21-23-25-50-27-30(53-33(43)24-22-20-18-10-8-6-4-2)28-51-40-39(49)37(47)35(45)32(55-40)29-52-41-38(48)36(46)34(44)31(26-42)54-41/h5,7,11-12,14-15,17,19,30-32,34-42,44-49H,3-4,6,8-10,13,16,18,20-29H2,1-2H3/b7-5-,12-11-,15-14-,19-17-. The second-order valence-electron chi connectivity index (χ2n) is 14.1. The minimum absolute atomic E-state index is 0.0224. The number of allylic oxidation sites excluding steroid dienone is 8. The molecule has 0 aromatic carbocycles. The predicted octanol–water partition coefficient (Wildman–Crippen LogP) is 3.28. The molecule has 14 nitrogen and oxygen atoms in total. The first kappa shape index (κ1) is 49.1. The van der Waals surface area contributed by atoms with Gasteiger partial charge in [0.1, 0.15) is 54.9 Å². The Morgan fingerprint density at radius 3 is 1.78 bits per heavy atom. The van der Waals surface area contributed by atoms with Gasteiger partial charge in [0, 0.05) is 13.0 Å². The fourth-order valence-electron chi connectivity index (χ4n) is 5.99. The maximum absolute atomic E-state index is 12.8. The monoisotopic (exact) mass is 786 g/mol. The first-order valence-corrected chi connectivity index (χ1v) is 20.2. The van der Waals surface area contributed by atoms with Crippen molar-refractivity contribution in [3.05, 3.63) is 48.6 Å². The van der Waals surface area contributed by atoms with Gasteiger partial charge in [-0.15, -0.1) is 0 Å². The van der Waals surface area contributed by atoms with Crippen LogP contribution in [0.5, 0.6) is 0 Å². The quantitative estimate of drug-likeness (QED) is 0.0330. The number of carbonyl (C=O) groups excluding carboxylic acids is 1. The molecule has 0 saturated carbocycles. The summed E-state index contributed by atoms with van der Waals surface area (Å²) in [6.45, 7) is 3.32. The molecule has 14 heteroatoms. The first-order chi connectivity index (χ1) is 26.6. The molecule has 0 aliphatic carbocycles. The third-order valence-corrected chi connectivity index (χ3v) is 9.35. The number of ether oxygens (including phenoxy) is 6. The van der Waals surface area contributed by atoms with E-state index in [9.17, 15) is 40.5 Å². The maximum atomic E-state index is 12.8. The van der Waals surface area contributed by atoms with Crippen molar-refractivity contribution in [2.75, 3.05) is 33.0 Å². The minimum atomic E-state index is -1.71. The summed E-state index contributed by atoms with van der Waals surface area (Å²) in [6, 6.07) is 0. The minimum Gasteiger partial charge on any atom is -0.457 e. The Hall–Kier alpha value is -2.05. The molecular weight excluding hydrogens is 716 g/mol. The number of aliphatic hydroxyl groups is 7. The van der Waals surface area contributed by atoms with E-state index in [0.717, 1.165) is 57.8 Å². The molecule has 7 N–H and O–H groups in total. The van der Waals surface area contributed by atoms with Crippen LogP contribution in [0.2, 0.25) is 0 Å². The van der Waals surface area contributed by atoms with E-state index >= 15 is 0 Å². The maximum Gasteiger partial charge on any atom is 0.306 e. The van der Waals surface area contributed by atoms with Crippen molar-refractivity contribution >= 4 is 5.97 Å². The smallest absolute Gasteiger partial charge is 0.306 e. The molecule has 11 unspecified atom stereocenters. The predicted molar refractivity (Wildman–Crippen MR) is 206 cm³/mol. The zero-order chi connectivity index (χ0) is 40.3. The summed E-state index contributed by atoms with van der Waals surface area (Å²) in [7, 11) is 0. The molecule has 0 aromatic heterocycles. The summed E-state index contributed by atoms with van der Waals surface area (Å²) in [5.41, 5.74) is 0. The molecule has 2 aliphatic rings. The average Bonchev–Trinajstić information content (AvgIpc) is 3.18. The zero-order valence-corrected chi connectivity index (χ0v) is 32.9. The van der Waals surface area contributed by atoms with Gasteiger partial charge in [-0.05, 0) is 44.9 Å². The summed E-state index contributed by atoms with van der Waals surface area (Å²) in [4.78, 5) is 12.8. The highest BCUT2D eigenvalue weighted by molar-refractivity contribution is 5.69.